The van der Waals surface area contributed by atoms with Crippen molar-refractivity contribution in [3.8, 4) is 0 Å². The highest BCUT2D eigenvalue weighted by Crippen LogP contribution is 2.39. The highest BCUT2D eigenvalue weighted by molar-refractivity contribution is 5.87. The quantitative estimate of drug-likeness (QED) is 0.848. The van der Waals surface area contributed by atoms with Crippen molar-refractivity contribution in [3.05, 3.63) is 29.8 Å². The summed E-state index contributed by atoms with van der Waals surface area (Å²) in [5.41, 5.74) is 1.79. The predicted octanol–water partition coefficient (Wildman–Crippen LogP) is 4.65. The Balaban J connectivity index is 1.78. The van der Waals surface area contributed by atoms with Crippen molar-refractivity contribution < 1.29 is 9.90 Å². The lowest BCUT2D eigenvalue weighted by molar-refractivity contribution is 0.0697. The summed E-state index contributed by atoms with van der Waals surface area (Å²) >= 11 is 0. The first-order valence-electron chi connectivity index (χ1n) is 7.93. The van der Waals surface area contributed by atoms with Gasteiger partial charge in [-0.3, -0.25) is 0 Å². The molecule has 116 valence electrons. The van der Waals surface area contributed by atoms with Gasteiger partial charge in [0.25, 0.3) is 0 Å². The molecule has 0 spiro atoms. The van der Waals surface area contributed by atoms with Crippen LogP contribution in [0.3, 0.4) is 0 Å². The molecule has 1 aliphatic rings. The predicted molar refractivity (Wildman–Crippen MR) is 86.8 cm³/mol. The van der Waals surface area contributed by atoms with Gasteiger partial charge >= 0.3 is 5.97 Å². The van der Waals surface area contributed by atoms with Gasteiger partial charge < -0.3 is 10.4 Å². The Morgan fingerprint density at radius 1 is 1.14 bits per heavy atom. The maximum absolute atomic E-state index is 10.8. The summed E-state index contributed by atoms with van der Waals surface area (Å²) in [5, 5.41) is 12.3. The molecule has 0 aliphatic heterocycles. The third-order valence-corrected chi connectivity index (χ3v) is 4.80. The molecule has 0 amide bonds. The van der Waals surface area contributed by atoms with Crippen LogP contribution < -0.4 is 5.32 Å². The molecule has 1 aromatic carbocycles. The third kappa shape index (κ3) is 4.48. The summed E-state index contributed by atoms with van der Waals surface area (Å²) in [6.07, 6.45) is 5.24. The van der Waals surface area contributed by atoms with E-state index in [1.807, 2.05) is 12.1 Å². The van der Waals surface area contributed by atoms with Crippen molar-refractivity contribution in [2.24, 2.45) is 17.3 Å². The molecule has 21 heavy (non-hydrogen) atoms. The Labute approximate surface area is 127 Å². The Kier molecular flexibility index (Phi) is 4.92. The number of hydrogen-bond acceptors (Lipinski definition) is 2. The number of carbonyl (C=O) groups is 1. The zero-order chi connectivity index (χ0) is 15.5. The maximum Gasteiger partial charge on any atom is 0.335 e. The minimum atomic E-state index is -0.873. The first kappa shape index (κ1) is 15.9. The average Bonchev–Trinajstić information content (AvgIpc) is 2.45. The molecule has 0 bridgehead atoms. The standard InChI is InChI=1S/C18H27NO2/c1-18(2,3)15-8-4-13(5-9-15)12-19-16-10-6-14(7-11-16)17(20)21/h6-7,10-11,13,15,19H,4-5,8-9,12H2,1-3H3,(H,20,21). The van der Waals surface area contributed by atoms with Gasteiger partial charge in [0, 0.05) is 12.2 Å². The summed E-state index contributed by atoms with van der Waals surface area (Å²) < 4.78 is 0. The topological polar surface area (TPSA) is 49.3 Å². The van der Waals surface area contributed by atoms with E-state index in [0.717, 1.165) is 24.1 Å². The van der Waals surface area contributed by atoms with E-state index in [2.05, 4.69) is 26.1 Å². The zero-order valence-corrected chi connectivity index (χ0v) is 13.4. The monoisotopic (exact) mass is 289 g/mol. The number of anilines is 1. The molecular formula is C18H27NO2. The maximum atomic E-state index is 10.8. The van der Waals surface area contributed by atoms with Crippen LogP contribution >= 0.6 is 0 Å². The number of nitrogens with one attached hydrogen (secondary N) is 1. The van der Waals surface area contributed by atoms with Gasteiger partial charge in [-0.05, 0) is 67.2 Å². The average molecular weight is 289 g/mol. The summed E-state index contributed by atoms with van der Waals surface area (Å²) in [7, 11) is 0. The molecule has 0 unspecified atom stereocenters. The van der Waals surface area contributed by atoms with E-state index in [9.17, 15) is 4.79 Å². The van der Waals surface area contributed by atoms with Gasteiger partial charge in [-0.15, -0.1) is 0 Å². The van der Waals surface area contributed by atoms with Gasteiger partial charge in [-0.1, -0.05) is 20.8 Å². The van der Waals surface area contributed by atoms with E-state index in [0.29, 0.717) is 11.0 Å². The van der Waals surface area contributed by atoms with Gasteiger partial charge in [0.1, 0.15) is 0 Å². The van der Waals surface area contributed by atoms with Crippen molar-refractivity contribution in [1.82, 2.24) is 0 Å². The van der Waals surface area contributed by atoms with Crippen LogP contribution in [0.2, 0.25) is 0 Å². The molecule has 1 aliphatic carbocycles. The second kappa shape index (κ2) is 6.50. The molecule has 0 aromatic heterocycles. The molecule has 2 N–H and O–H groups in total. The van der Waals surface area contributed by atoms with E-state index in [-0.39, 0.29) is 0 Å². The van der Waals surface area contributed by atoms with Crippen LogP contribution in [0.15, 0.2) is 24.3 Å². The molecule has 0 saturated heterocycles. The molecule has 2 rings (SSSR count). The molecule has 3 heteroatoms. The van der Waals surface area contributed by atoms with Gasteiger partial charge in [0.05, 0.1) is 5.56 Å². The third-order valence-electron chi connectivity index (χ3n) is 4.80. The minimum absolute atomic E-state index is 0.339. The van der Waals surface area contributed by atoms with Crippen LogP contribution in [0.1, 0.15) is 56.8 Å². The number of rotatable bonds is 4. The highest BCUT2D eigenvalue weighted by atomic mass is 16.4. The van der Waals surface area contributed by atoms with Crippen molar-refractivity contribution in [1.29, 1.82) is 0 Å². The molecule has 1 saturated carbocycles. The smallest absolute Gasteiger partial charge is 0.335 e. The minimum Gasteiger partial charge on any atom is -0.478 e. The van der Waals surface area contributed by atoms with Gasteiger partial charge in [-0.2, -0.15) is 0 Å². The number of hydrogen-bond donors (Lipinski definition) is 2. The fourth-order valence-electron chi connectivity index (χ4n) is 3.23. The van der Waals surface area contributed by atoms with Crippen LogP contribution in [0.5, 0.6) is 0 Å². The first-order valence-corrected chi connectivity index (χ1v) is 7.93. The second-order valence-corrected chi connectivity index (χ2v) is 7.35. The second-order valence-electron chi connectivity index (χ2n) is 7.35. The van der Waals surface area contributed by atoms with Crippen molar-refractivity contribution in [2.75, 3.05) is 11.9 Å². The van der Waals surface area contributed by atoms with Crippen molar-refractivity contribution >= 4 is 11.7 Å². The summed E-state index contributed by atoms with van der Waals surface area (Å²) in [5.74, 6) is 0.716. The van der Waals surface area contributed by atoms with E-state index < -0.39 is 5.97 Å². The molecular weight excluding hydrogens is 262 g/mol. The van der Waals surface area contributed by atoms with Gasteiger partial charge in [0.15, 0.2) is 0 Å². The molecule has 1 aromatic rings. The molecule has 0 heterocycles. The van der Waals surface area contributed by atoms with E-state index in [4.69, 9.17) is 5.11 Å². The first-order chi connectivity index (χ1) is 9.86. The largest absolute Gasteiger partial charge is 0.478 e. The summed E-state index contributed by atoms with van der Waals surface area (Å²) in [4.78, 5) is 10.8. The fraction of sp³-hybridized carbons (Fsp3) is 0.611. The van der Waals surface area contributed by atoms with Crippen LogP contribution in [-0.4, -0.2) is 17.6 Å². The zero-order valence-electron chi connectivity index (χ0n) is 13.4. The van der Waals surface area contributed by atoms with Crippen molar-refractivity contribution in [3.63, 3.8) is 0 Å². The lowest BCUT2D eigenvalue weighted by Crippen LogP contribution is -2.28. The van der Waals surface area contributed by atoms with Crippen LogP contribution in [0.4, 0.5) is 5.69 Å². The number of carboxylic acid groups (broad SMARTS) is 1. The van der Waals surface area contributed by atoms with E-state index in [1.54, 1.807) is 12.1 Å². The van der Waals surface area contributed by atoms with E-state index in [1.165, 1.54) is 25.7 Å². The highest BCUT2D eigenvalue weighted by Gasteiger charge is 2.29. The lowest BCUT2D eigenvalue weighted by atomic mass is 9.70. The Morgan fingerprint density at radius 3 is 2.19 bits per heavy atom. The Morgan fingerprint density at radius 2 is 1.71 bits per heavy atom. The fourth-order valence-corrected chi connectivity index (χ4v) is 3.23. The Hall–Kier alpha value is -1.51. The molecule has 0 radical (unpaired) electrons. The molecule has 0 atom stereocenters. The van der Waals surface area contributed by atoms with Crippen LogP contribution in [-0.2, 0) is 0 Å². The number of aromatic carboxylic acids is 1. The van der Waals surface area contributed by atoms with Gasteiger partial charge in [-0.25, -0.2) is 4.79 Å². The van der Waals surface area contributed by atoms with Gasteiger partial charge in [0.2, 0.25) is 0 Å². The summed E-state index contributed by atoms with van der Waals surface area (Å²) in [6.45, 7) is 8.03. The number of carboxylic acids is 1. The van der Waals surface area contributed by atoms with Crippen molar-refractivity contribution in [2.45, 2.75) is 46.5 Å². The SMILES string of the molecule is CC(C)(C)C1CCC(CNc2ccc(C(=O)O)cc2)CC1. The molecule has 3 nitrogen and oxygen atoms in total. The summed E-state index contributed by atoms with van der Waals surface area (Å²) in [6, 6.07) is 7.01. The van der Waals surface area contributed by atoms with Crippen LogP contribution in [0, 0.1) is 17.3 Å². The number of benzene rings is 1. The lowest BCUT2D eigenvalue weighted by Gasteiger charge is -2.37. The van der Waals surface area contributed by atoms with E-state index >= 15 is 0 Å². The molecule has 1 fully saturated rings. The Bertz CT molecular complexity index is 465. The normalized spacial score (nSPS) is 22.8. The van der Waals surface area contributed by atoms with Crippen LogP contribution in [0.25, 0.3) is 0 Å².